The monoisotopic (exact) mass is 312 g/mol. The van der Waals surface area contributed by atoms with Gasteiger partial charge in [-0.25, -0.2) is 8.42 Å². The molecule has 4 nitrogen and oxygen atoms in total. The van der Waals surface area contributed by atoms with Crippen molar-refractivity contribution in [1.29, 1.82) is 0 Å². The van der Waals surface area contributed by atoms with Crippen LogP contribution in [-0.4, -0.2) is 40.6 Å². The maximum absolute atomic E-state index is 11.3. The molecule has 1 fully saturated rings. The van der Waals surface area contributed by atoms with Gasteiger partial charge in [0.15, 0.2) is 0 Å². The zero-order valence-corrected chi connectivity index (χ0v) is 13.4. The first-order valence-electron chi connectivity index (χ1n) is 6.98. The molecule has 0 aromatic carbocycles. The summed E-state index contributed by atoms with van der Waals surface area (Å²) in [5.74, 6) is 0.523. The lowest BCUT2D eigenvalue weighted by molar-refractivity contribution is -0.00647. The van der Waals surface area contributed by atoms with Crippen molar-refractivity contribution in [1.82, 2.24) is 0 Å². The van der Waals surface area contributed by atoms with Crippen molar-refractivity contribution >= 4 is 19.7 Å². The molecular formula is C13H25ClO4S. The van der Waals surface area contributed by atoms with E-state index in [0.717, 1.165) is 38.9 Å². The molecule has 0 aliphatic carbocycles. The first-order chi connectivity index (χ1) is 8.91. The van der Waals surface area contributed by atoms with E-state index < -0.39 is 9.05 Å². The quantitative estimate of drug-likeness (QED) is 0.647. The Morgan fingerprint density at radius 1 is 1.26 bits per heavy atom. The molecule has 0 aromatic rings. The van der Waals surface area contributed by atoms with E-state index in [9.17, 15) is 8.42 Å². The van der Waals surface area contributed by atoms with Crippen LogP contribution in [0.2, 0.25) is 0 Å². The predicted octanol–water partition coefficient (Wildman–Crippen LogP) is 2.80. The van der Waals surface area contributed by atoms with Gasteiger partial charge in [0.05, 0.1) is 12.4 Å². The minimum atomic E-state index is -3.49. The second-order valence-corrected chi connectivity index (χ2v) is 8.24. The van der Waals surface area contributed by atoms with Gasteiger partial charge in [0.1, 0.15) is 0 Å². The van der Waals surface area contributed by atoms with Crippen LogP contribution in [0.5, 0.6) is 0 Å². The summed E-state index contributed by atoms with van der Waals surface area (Å²) in [6.07, 6.45) is 3.56. The second kappa shape index (κ2) is 7.81. The average molecular weight is 313 g/mol. The van der Waals surface area contributed by atoms with Crippen LogP contribution in [0.15, 0.2) is 0 Å². The van der Waals surface area contributed by atoms with E-state index in [-0.39, 0.29) is 11.2 Å². The lowest BCUT2D eigenvalue weighted by Gasteiger charge is -2.31. The maximum Gasteiger partial charge on any atom is 0.233 e. The highest BCUT2D eigenvalue weighted by atomic mass is 35.7. The molecule has 1 saturated heterocycles. The van der Waals surface area contributed by atoms with Crippen LogP contribution in [0.3, 0.4) is 0 Å². The van der Waals surface area contributed by atoms with Crippen molar-refractivity contribution < 1.29 is 17.9 Å². The van der Waals surface area contributed by atoms with Gasteiger partial charge < -0.3 is 9.47 Å². The molecule has 0 N–H and O–H groups in total. The van der Waals surface area contributed by atoms with Gasteiger partial charge in [0, 0.05) is 35.9 Å². The normalized spacial score (nSPS) is 18.7. The molecule has 1 rings (SSSR count). The summed E-state index contributed by atoms with van der Waals surface area (Å²) in [6, 6.07) is 0. The van der Waals surface area contributed by atoms with Crippen LogP contribution < -0.4 is 0 Å². The van der Waals surface area contributed by atoms with Gasteiger partial charge in [-0.15, -0.1) is 0 Å². The Balaban J connectivity index is 2.44. The highest BCUT2D eigenvalue weighted by Crippen LogP contribution is 2.30. The molecule has 0 radical (unpaired) electrons. The van der Waals surface area contributed by atoms with Crippen LogP contribution in [0.25, 0.3) is 0 Å². The first-order valence-corrected chi connectivity index (χ1v) is 9.46. The number of ether oxygens (including phenoxy) is 2. The summed E-state index contributed by atoms with van der Waals surface area (Å²) >= 11 is 0. The van der Waals surface area contributed by atoms with Crippen molar-refractivity contribution in [3.8, 4) is 0 Å². The lowest BCUT2D eigenvalue weighted by atomic mass is 9.85. The molecule has 1 aliphatic rings. The van der Waals surface area contributed by atoms with Gasteiger partial charge in [0.2, 0.25) is 9.05 Å². The van der Waals surface area contributed by atoms with Gasteiger partial charge in [0.25, 0.3) is 0 Å². The fraction of sp³-hybridized carbons (Fsp3) is 1.00. The third-order valence-electron chi connectivity index (χ3n) is 4.08. The maximum atomic E-state index is 11.3. The Kier molecular flexibility index (Phi) is 7.08. The molecule has 0 amide bonds. The molecule has 0 bridgehead atoms. The third kappa shape index (κ3) is 6.43. The second-order valence-electron chi connectivity index (χ2n) is 5.46. The molecule has 0 atom stereocenters. The van der Waals surface area contributed by atoms with E-state index in [1.165, 1.54) is 0 Å². The lowest BCUT2D eigenvalue weighted by Crippen LogP contribution is -2.33. The standard InChI is InChI=1S/C13H25ClO4S/c1-3-13(4-2,11-19(14,15)16)10-18-9-12-5-7-17-8-6-12/h12H,3-11H2,1-2H3. The Hall–Kier alpha value is 0.160. The fourth-order valence-corrected chi connectivity index (χ4v) is 4.34. The number of halogens is 1. The molecule has 1 aliphatic heterocycles. The Morgan fingerprint density at radius 3 is 2.32 bits per heavy atom. The minimum absolute atomic E-state index is 0.0116. The molecule has 6 heteroatoms. The Bertz CT molecular complexity index is 346. The topological polar surface area (TPSA) is 52.6 Å². The fourth-order valence-electron chi connectivity index (χ4n) is 2.42. The summed E-state index contributed by atoms with van der Waals surface area (Å²) < 4.78 is 33.7. The van der Waals surface area contributed by atoms with E-state index in [0.29, 0.717) is 19.1 Å². The molecule has 1 heterocycles. The molecular weight excluding hydrogens is 288 g/mol. The van der Waals surface area contributed by atoms with E-state index in [4.69, 9.17) is 20.2 Å². The highest BCUT2D eigenvalue weighted by Gasteiger charge is 2.32. The highest BCUT2D eigenvalue weighted by molar-refractivity contribution is 8.13. The molecule has 0 aromatic heterocycles. The Morgan fingerprint density at radius 2 is 1.84 bits per heavy atom. The van der Waals surface area contributed by atoms with E-state index >= 15 is 0 Å². The van der Waals surface area contributed by atoms with Crippen LogP contribution in [0, 0.1) is 11.3 Å². The minimum Gasteiger partial charge on any atom is -0.381 e. The Labute approximate surface area is 121 Å². The van der Waals surface area contributed by atoms with Crippen molar-refractivity contribution in [3.63, 3.8) is 0 Å². The van der Waals surface area contributed by atoms with E-state index in [2.05, 4.69) is 0 Å². The zero-order chi connectivity index (χ0) is 14.4. The van der Waals surface area contributed by atoms with Crippen molar-refractivity contribution in [3.05, 3.63) is 0 Å². The molecule has 0 spiro atoms. The van der Waals surface area contributed by atoms with Crippen molar-refractivity contribution in [2.45, 2.75) is 39.5 Å². The van der Waals surface area contributed by atoms with E-state index in [1.807, 2.05) is 13.8 Å². The van der Waals surface area contributed by atoms with Crippen molar-refractivity contribution in [2.24, 2.45) is 11.3 Å². The average Bonchev–Trinajstić information content (AvgIpc) is 2.37. The predicted molar refractivity (Wildman–Crippen MR) is 77.0 cm³/mol. The smallest absolute Gasteiger partial charge is 0.233 e. The first kappa shape index (κ1) is 17.2. The zero-order valence-electron chi connectivity index (χ0n) is 11.9. The van der Waals surface area contributed by atoms with Gasteiger partial charge in [-0.1, -0.05) is 13.8 Å². The van der Waals surface area contributed by atoms with Crippen LogP contribution in [-0.2, 0) is 18.5 Å². The van der Waals surface area contributed by atoms with Crippen LogP contribution >= 0.6 is 10.7 Å². The summed E-state index contributed by atoms with van der Waals surface area (Å²) in [6.45, 7) is 6.73. The SMILES string of the molecule is CCC(CC)(COCC1CCOCC1)CS(=O)(=O)Cl. The number of rotatable bonds is 8. The molecule has 19 heavy (non-hydrogen) atoms. The molecule has 0 saturated carbocycles. The summed E-state index contributed by atoms with van der Waals surface area (Å²) in [5.41, 5.74) is -0.355. The summed E-state index contributed by atoms with van der Waals surface area (Å²) in [7, 11) is 1.91. The number of hydrogen-bond acceptors (Lipinski definition) is 4. The number of hydrogen-bond donors (Lipinski definition) is 0. The third-order valence-corrected chi connectivity index (χ3v) is 5.37. The molecule has 0 unspecified atom stereocenters. The summed E-state index contributed by atoms with van der Waals surface area (Å²) in [4.78, 5) is 0. The molecule has 114 valence electrons. The van der Waals surface area contributed by atoms with Crippen LogP contribution in [0.1, 0.15) is 39.5 Å². The van der Waals surface area contributed by atoms with Gasteiger partial charge in [-0.3, -0.25) is 0 Å². The largest absolute Gasteiger partial charge is 0.381 e. The van der Waals surface area contributed by atoms with E-state index in [1.54, 1.807) is 0 Å². The van der Waals surface area contributed by atoms with Gasteiger partial charge in [-0.05, 0) is 31.6 Å². The van der Waals surface area contributed by atoms with Crippen LogP contribution in [0.4, 0.5) is 0 Å². The van der Waals surface area contributed by atoms with Gasteiger partial charge in [-0.2, -0.15) is 0 Å². The van der Waals surface area contributed by atoms with Crippen molar-refractivity contribution in [2.75, 3.05) is 32.2 Å². The summed E-state index contributed by atoms with van der Waals surface area (Å²) in [5, 5.41) is 0. The van der Waals surface area contributed by atoms with Gasteiger partial charge >= 0.3 is 0 Å².